The van der Waals surface area contributed by atoms with E-state index in [0.29, 0.717) is 36.7 Å². The van der Waals surface area contributed by atoms with Crippen LogP contribution in [-0.4, -0.2) is 38.9 Å². The lowest BCUT2D eigenvalue weighted by molar-refractivity contribution is 0.0773. The maximum absolute atomic E-state index is 12.6. The van der Waals surface area contributed by atoms with Crippen LogP contribution in [0.25, 0.3) is 0 Å². The van der Waals surface area contributed by atoms with Crippen molar-refractivity contribution in [3.8, 4) is 5.75 Å². The molecule has 0 atom stereocenters. The summed E-state index contributed by atoms with van der Waals surface area (Å²) in [6, 6.07) is 12.7. The smallest absolute Gasteiger partial charge is 0.261 e. The van der Waals surface area contributed by atoms with E-state index in [1.54, 1.807) is 41.3 Å². The molecule has 0 saturated heterocycles. The zero-order valence-corrected chi connectivity index (χ0v) is 16.0. The molecule has 0 aliphatic carbocycles. The van der Waals surface area contributed by atoms with Crippen molar-refractivity contribution in [1.29, 1.82) is 0 Å². The Bertz CT molecular complexity index is 844. The Morgan fingerprint density at radius 2 is 1.69 bits per heavy atom. The summed E-state index contributed by atoms with van der Waals surface area (Å²) in [7, 11) is -3.75. The molecule has 0 aromatic heterocycles. The second-order valence-electron chi connectivity index (χ2n) is 5.57. The molecular formula is C19H24N2O4S. The molecule has 1 N–H and O–H groups in total. The minimum absolute atomic E-state index is 0.126. The Hall–Kier alpha value is -2.54. The van der Waals surface area contributed by atoms with Gasteiger partial charge in [-0.25, -0.2) is 8.42 Å². The third-order valence-electron chi connectivity index (χ3n) is 3.86. The number of nitrogens with zero attached hydrogens (tertiary/aromatic N) is 1. The topological polar surface area (TPSA) is 75.7 Å². The van der Waals surface area contributed by atoms with Crippen LogP contribution in [0, 0.1) is 0 Å². The number of rotatable bonds is 8. The summed E-state index contributed by atoms with van der Waals surface area (Å²) >= 11 is 0. The molecule has 1 amide bonds. The van der Waals surface area contributed by atoms with Gasteiger partial charge in [0.05, 0.1) is 11.5 Å². The third kappa shape index (κ3) is 4.76. The Morgan fingerprint density at radius 1 is 1.04 bits per heavy atom. The van der Waals surface area contributed by atoms with Crippen LogP contribution >= 0.6 is 0 Å². The van der Waals surface area contributed by atoms with Crippen molar-refractivity contribution in [2.24, 2.45) is 0 Å². The number of anilines is 1. The van der Waals surface area contributed by atoms with Crippen LogP contribution in [-0.2, 0) is 10.0 Å². The number of carbonyl (C=O) groups excluding carboxylic acids is 1. The van der Waals surface area contributed by atoms with E-state index in [4.69, 9.17) is 4.74 Å². The maximum Gasteiger partial charge on any atom is 0.261 e. The van der Waals surface area contributed by atoms with E-state index in [2.05, 4.69) is 4.72 Å². The molecule has 0 heterocycles. The Balaban J connectivity index is 2.21. The molecule has 0 bridgehead atoms. The summed E-state index contributed by atoms with van der Waals surface area (Å²) < 4.78 is 32.9. The molecule has 2 aromatic rings. The molecule has 0 aliphatic rings. The molecule has 0 unspecified atom stereocenters. The van der Waals surface area contributed by atoms with Crippen LogP contribution in [0.5, 0.6) is 5.75 Å². The van der Waals surface area contributed by atoms with E-state index in [1.807, 2.05) is 20.8 Å². The van der Waals surface area contributed by atoms with Crippen molar-refractivity contribution >= 4 is 21.6 Å². The van der Waals surface area contributed by atoms with Crippen molar-refractivity contribution in [2.75, 3.05) is 24.4 Å². The van der Waals surface area contributed by atoms with E-state index >= 15 is 0 Å². The normalized spacial score (nSPS) is 11.0. The Morgan fingerprint density at radius 3 is 2.27 bits per heavy atom. The second-order valence-corrected chi connectivity index (χ2v) is 7.25. The van der Waals surface area contributed by atoms with Crippen LogP contribution in [0.1, 0.15) is 31.1 Å². The summed E-state index contributed by atoms with van der Waals surface area (Å²) in [4.78, 5) is 14.2. The monoisotopic (exact) mass is 376 g/mol. The van der Waals surface area contributed by atoms with Crippen LogP contribution < -0.4 is 9.46 Å². The van der Waals surface area contributed by atoms with Gasteiger partial charge in [0.1, 0.15) is 5.75 Å². The number of nitrogens with one attached hydrogen (secondary N) is 1. The highest BCUT2D eigenvalue weighted by atomic mass is 32.2. The molecule has 140 valence electrons. The highest BCUT2D eigenvalue weighted by Gasteiger charge is 2.17. The zero-order chi connectivity index (χ0) is 19.2. The molecule has 26 heavy (non-hydrogen) atoms. The van der Waals surface area contributed by atoms with Gasteiger partial charge in [-0.3, -0.25) is 9.52 Å². The van der Waals surface area contributed by atoms with E-state index < -0.39 is 10.0 Å². The number of carbonyl (C=O) groups is 1. The van der Waals surface area contributed by atoms with Crippen molar-refractivity contribution in [3.05, 3.63) is 54.1 Å². The molecule has 7 heteroatoms. The maximum atomic E-state index is 12.6. The quantitative estimate of drug-likeness (QED) is 0.766. The first kappa shape index (κ1) is 19.8. The third-order valence-corrected chi connectivity index (χ3v) is 5.25. The summed E-state index contributed by atoms with van der Waals surface area (Å²) in [6.45, 7) is 7.37. The lowest BCUT2D eigenvalue weighted by atomic mass is 10.2. The highest BCUT2D eigenvalue weighted by Crippen LogP contribution is 2.20. The Labute approximate surface area is 154 Å². The fourth-order valence-electron chi connectivity index (χ4n) is 2.50. The summed E-state index contributed by atoms with van der Waals surface area (Å²) in [5, 5.41) is 0. The lowest BCUT2D eigenvalue weighted by Gasteiger charge is -2.19. The SMILES string of the molecule is CCOc1ccc(S(=O)(=O)Nc2cccc(C(=O)N(CC)CC)c2)cc1. The summed E-state index contributed by atoms with van der Waals surface area (Å²) in [6.07, 6.45) is 0. The average Bonchev–Trinajstić information content (AvgIpc) is 2.63. The van der Waals surface area contributed by atoms with Crippen molar-refractivity contribution in [1.82, 2.24) is 4.90 Å². The van der Waals surface area contributed by atoms with Gasteiger partial charge in [-0.2, -0.15) is 0 Å². The number of hydrogen-bond acceptors (Lipinski definition) is 4. The summed E-state index contributed by atoms with van der Waals surface area (Å²) in [5.74, 6) is 0.482. The highest BCUT2D eigenvalue weighted by molar-refractivity contribution is 7.92. The minimum Gasteiger partial charge on any atom is -0.494 e. The summed E-state index contributed by atoms with van der Waals surface area (Å²) in [5.41, 5.74) is 0.789. The molecule has 0 fully saturated rings. The number of hydrogen-bond donors (Lipinski definition) is 1. The zero-order valence-electron chi connectivity index (χ0n) is 15.2. The van der Waals surface area contributed by atoms with Crippen LogP contribution in [0.3, 0.4) is 0 Å². The van der Waals surface area contributed by atoms with Gasteiger partial charge >= 0.3 is 0 Å². The van der Waals surface area contributed by atoms with Gasteiger partial charge in [-0.1, -0.05) is 6.07 Å². The predicted octanol–water partition coefficient (Wildman–Crippen LogP) is 3.37. The van der Waals surface area contributed by atoms with Gasteiger partial charge in [0.2, 0.25) is 0 Å². The van der Waals surface area contributed by atoms with Crippen molar-refractivity contribution in [2.45, 2.75) is 25.7 Å². The van der Waals surface area contributed by atoms with Gasteiger partial charge in [0.25, 0.3) is 15.9 Å². The van der Waals surface area contributed by atoms with Crippen molar-refractivity contribution < 1.29 is 17.9 Å². The molecule has 0 aliphatic heterocycles. The molecular weight excluding hydrogens is 352 g/mol. The van der Waals surface area contributed by atoms with E-state index in [0.717, 1.165) is 0 Å². The standard InChI is InChI=1S/C19H24N2O4S/c1-4-21(5-2)19(22)15-8-7-9-16(14-15)20-26(23,24)18-12-10-17(11-13-18)25-6-3/h7-14,20H,4-6H2,1-3H3. The number of sulfonamides is 1. The van der Waals surface area contributed by atoms with Crippen LogP contribution in [0.15, 0.2) is 53.4 Å². The first-order valence-electron chi connectivity index (χ1n) is 8.56. The minimum atomic E-state index is -3.75. The average molecular weight is 376 g/mol. The molecule has 0 radical (unpaired) electrons. The Kier molecular flexibility index (Phi) is 6.63. The fraction of sp³-hybridized carbons (Fsp3) is 0.316. The van der Waals surface area contributed by atoms with Gasteiger partial charge in [0.15, 0.2) is 0 Å². The van der Waals surface area contributed by atoms with Crippen molar-refractivity contribution in [3.63, 3.8) is 0 Å². The largest absolute Gasteiger partial charge is 0.494 e. The molecule has 2 aromatic carbocycles. The molecule has 0 saturated carbocycles. The lowest BCUT2D eigenvalue weighted by Crippen LogP contribution is -2.30. The molecule has 0 spiro atoms. The van der Waals surface area contributed by atoms with Crippen LogP contribution in [0.4, 0.5) is 5.69 Å². The second kappa shape index (κ2) is 8.71. The first-order valence-corrected chi connectivity index (χ1v) is 10.0. The van der Waals surface area contributed by atoms with E-state index in [1.165, 1.54) is 12.1 Å². The number of benzene rings is 2. The van der Waals surface area contributed by atoms with Gasteiger partial charge in [-0.05, 0) is 63.2 Å². The van der Waals surface area contributed by atoms with Gasteiger partial charge in [-0.15, -0.1) is 0 Å². The molecule has 2 rings (SSSR count). The number of amides is 1. The van der Waals surface area contributed by atoms with E-state index in [9.17, 15) is 13.2 Å². The fourth-order valence-corrected chi connectivity index (χ4v) is 3.55. The van der Waals surface area contributed by atoms with Gasteiger partial charge < -0.3 is 9.64 Å². The molecule has 6 nitrogen and oxygen atoms in total. The number of ether oxygens (including phenoxy) is 1. The van der Waals surface area contributed by atoms with Crippen LogP contribution in [0.2, 0.25) is 0 Å². The predicted molar refractivity (Wildman–Crippen MR) is 102 cm³/mol. The first-order chi connectivity index (χ1) is 12.4. The van der Waals surface area contributed by atoms with E-state index in [-0.39, 0.29) is 10.8 Å². The van der Waals surface area contributed by atoms with Gasteiger partial charge in [0, 0.05) is 24.3 Å².